The number of benzene rings is 2. The smallest absolute Gasteiger partial charge is 0.119 e. The van der Waals surface area contributed by atoms with Crippen molar-refractivity contribution in [3.05, 3.63) is 64.7 Å². The Balaban J connectivity index is 1.95. The molecule has 1 atom stereocenters. The summed E-state index contributed by atoms with van der Waals surface area (Å²) >= 11 is 5.82. The lowest BCUT2D eigenvalue weighted by Crippen LogP contribution is -2.04. The summed E-state index contributed by atoms with van der Waals surface area (Å²) < 4.78 is 5.68. The summed E-state index contributed by atoms with van der Waals surface area (Å²) in [6.07, 6.45) is 0. The second-order valence-corrected chi connectivity index (χ2v) is 4.71. The maximum absolute atomic E-state index is 5.82. The maximum atomic E-state index is 5.82. The SMILES string of the molecule is CC(N)c1ccc(OCc2ccc(Cl)cc2)cc1. The number of halogens is 1. The highest BCUT2D eigenvalue weighted by atomic mass is 35.5. The first-order valence-corrected chi connectivity index (χ1v) is 6.26. The highest BCUT2D eigenvalue weighted by molar-refractivity contribution is 6.30. The molecule has 0 fully saturated rings. The molecule has 3 heteroatoms. The third-order valence-corrected chi connectivity index (χ3v) is 2.98. The van der Waals surface area contributed by atoms with Crippen molar-refractivity contribution < 1.29 is 4.74 Å². The summed E-state index contributed by atoms with van der Waals surface area (Å²) in [5.74, 6) is 0.842. The van der Waals surface area contributed by atoms with Gasteiger partial charge in [-0.2, -0.15) is 0 Å². The lowest BCUT2D eigenvalue weighted by Gasteiger charge is -2.09. The fourth-order valence-corrected chi connectivity index (χ4v) is 1.74. The lowest BCUT2D eigenvalue weighted by molar-refractivity contribution is 0.306. The van der Waals surface area contributed by atoms with Gasteiger partial charge in [0.25, 0.3) is 0 Å². The molecule has 0 radical (unpaired) electrons. The van der Waals surface area contributed by atoms with Crippen molar-refractivity contribution in [2.24, 2.45) is 5.73 Å². The van der Waals surface area contributed by atoms with E-state index in [0.717, 1.165) is 21.9 Å². The van der Waals surface area contributed by atoms with Crippen LogP contribution < -0.4 is 10.5 Å². The molecule has 18 heavy (non-hydrogen) atoms. The van der Waals surface area contributed by atoms with Gasteiger partial charge in [-0.05, 0) is 42.3 Å². The third kappa shape index (κ3) is 3.49. The minimum Gasteiger partial charge on any atom is -0.489 e. The van der Waals surface area contributed by atoms with Gasteiger partial charge in [-0.3, -0.25) is 0 Å². The van der Waals surface area contributed by atoms with Crippen LogP contribution >= 0.6 is 11.6 Å². The summed E-state index contributed by atoms with van der Waals surface area (Å²) in [6.45, 7) is 2.50. The van der Waals surface area contributed by atoms with Crippen LogP contribution in [0.3, 0.4) is 0 Å². The van der Waals surface area contributed by atoms with E-state index in [1.807, 2.05) is 55.5 Å². The van der Waals surface area contributed by atoms with E-state index >= 15 is 0 Å². The van der Waals surface area contributed by atoms with Crippen LogP contribution in [0.2, 0.25) is 5.02 Å². The normalized spacial score (nSPS) is 12.2. The topological polar surface area (TPSA) is 35.2 Å². The van der Waals surface area contributed by atoms with Crippen molar-refractivity contribution in [3.63, 3.8) is 0 Å². The Labute approximate surface area is 112 Å². The lowest BCUT2D eigenvalue weighted by atomic mass is 10.1. The van der Waals surface area contributed by atoms with Gasteiger partial charge in [0.1, 0.15) is 12.4 Å². The van der Waals surface area contributed by atoms with Gasteiger partial charge < -0.3 is 10.5 Å². The van der Waals surface area contributed by atoms with Gasteiger partial charge in [0.15, 0.2) is 0 Å². The predicted molar refractivity (Wildman–Crippen MR) is 74.8 cm³/mol. The zero-order valence-electron chi connectivity index (χ0n) is 10.3. The summed E-state index contributed by atoms with van der Waals surface area (Å²) in [5.41, 5.74) is 7.99. The fraction of sp³-hybridized carbons (Fsp3) is 0.200. The molecular formula is C15H16ClNO. The average Bonchev–Trinajstić information content (AvgIpc) is 2.38. The molecule has 2 rings (SSSR count). The van der Waals surface area contributed by atoms with Gasteiger partial charge in [0.2, 0.25) is 0 Å². The van der Waals surface area contributed by atoms with Crippen molar-refractivity contribution >= 4 is 11.6 Å². The van der Waals surface area contributed by atoms with Gasteiger partial charge in [-0.25, -0.2) is 0 Å². The predicted octanol–water partition coefficient (Wildman–Crippen LogP) is 3.94. The maximum Gasteiger partial charge on any atom is 0.119 e. The molecule has 2 aromatic carbocycles. The highest BCUT2D eigenvalue weighted by Gasteiger charge is 2.00. The number of nitrogens with two attached hydrogens (primary N) is 1. The zero-order valence-corrected chi connectivity index (χ0v) is 11.0. The molecule has 2 nitrogen and oxygen atoms in total. The molecule has 0 saturated heterocycles. The third-order valence-electron chi connectivity index (χ3n) is 2.72. The molecule has 0 spiro atoms. The van der Waals surface area contributed by atoms with Gasteiger partial charge in [0, 0.05) is 11.1 Å². The fourth-order valence-electron chi connectivity index (χ4n) is 1.61. The molecule has 0 aliphatic heterocycles. The van der Waals surface area contributed by atoms with E-state index in [0.29, 0.717) is 6.61 Å². The number of rotatable bonds is 4. The van der Waals surface area contributed by atoms with E-state index in [1.165, 1.54) is 0 Å². The van der Waals surface area contributed by atoms with Crippen LogP contribution in [0, 0.1) is 0 Å². The molecule has 0 aliphatic rings. The molecule has 0 aliphatic carbocycles. The Morgan fingerprint density at radius 1 is 1.06 bits per heavy atom. The van der Waals surface area contributed by atoms with Gasteiger partial charge in [-0.1, -0.05) is 35.9 Å². The van der Waals surface area contributed by atoms with Crippen LogP contribution in [-0.4, -0.2) is 0 Å². The number of ether oxygens (including phenoxy) is 1. The average molecular weight is 262 g/mol. The van der Waals surface area contributed by atoms with Crippen molar-refractivity contribution in [1.29, 1.82) is 0 Å². The van der Waals surface area contributed by atoms with Gasteiger partial charge in [-0.15, -0.1) is 0 Å². The molecule has 0 heterocycles. The van der Waals surface area contributed by atoms with Crippen LogP contribution in [0.25, 0.3) is 0 Å². The first-order valence-electron chi connectivity index (χ1n) is 5.88. The molecule has 94 valence electrons. The Morgan fingerprint density at radius 3 is 2.22 bits per heavy atom. The first-order chi connectivity index (χ1) is 8.65. The number of hydrogen-bond acceptors (Lipinski definition) is 2. The molecule has 0 bridgehead atoms. The number of hydrogen-bond donors (Lipinski definition) is 1. The molecule has 2 N–H and O–H groups in total. The van der Waals surface area contributed by atoms with Gasteiger partial charge in [0.05, 0.1) is 0 Å². The Hall–Kier alpha value is -1.51. The van der Waals surface area contributed by atoms with E-state index in [1.54, 1.807) is 0 Å². The monoisotopic (exact) mass is 261 g/mol. The quantitative estimate of drug-likeness (QED) is 0.905. The standard InChI is InChI=1S/C15H16ClNO/c1-11(17)13-4-8-15(9-5-13)18-10-12-2-6-14(16)7-3-12/h2-9,11H,10,17H2,1H3. The molecule has 1 unspecified atom stereocenters. The summed E-state index contributed by atoms with van der Waals surface area (Å²) in [4.78, 5) is 0. The van der Waals surface area contributed by atoms with E-state index in [2.05, 4.69) is 0 Å². The second-order valence-electron chi connectivity index (χ2n) is 4.27. The van der Waals surface area contributed by atoms with Crippen molar-refractivity contribution in [3.8, 4) is 5.75 Å². The van der Waals surface area contributed by atoms with Crippen LogP contribution in [0.1, 0.15) is 24.1 Å². The Bertz CT molecular complexity index is 491. The van der Waals surface area contributed by atoms with E-state index in [9.17, 15) is 0 Å². The van der Waals surface area contributed by atoms with Gasteiger partial charge >= 0.3 is 0 Å². The van der Waals surface area contributed by atoms with Crippen molar-refractivity contribution in [1.82, 2.24) is 0 Å². The Kier molecular flexibility index (Phi) is 4.24. The summed E-state index contributed by atoms with van der Waals surface area (Å²) in [6, 6.07) is 15.5. The van der Waals surface area contributed by atoms with Crippen molar-refractivity contribution in [2.45, 2.75) is 19.6 Å². The Morgan fingerprint density at radius 2 is 1.67 bits per heavy atom. The molecule has 0 amide bonds. The summed E-state index contributed by atoms with van der Waals surface area (Å²) in [5, 5.41) is 0.736. The molecule has 0 aromatic heterocycles. The van der Waals surface area contributed by atoms with E-state index < -0.39 is 0 Å². The minimum absolute atomic E-state index is 0.0512. The van der Waals surface area contributed by atoms with Crippen LogP contribution in [-0.2, 0) is 6.61 Å². The zero-order chi connectivity index (χ0) is 13.0. The summed E-state index contributed by atoms with van der Waals surface area (Å²) in [7, 11) is 0. The molecule has 0 saturated carbocycles. The van der Waals surface area contributed by atoms with Crippen LogP contribution in [0.5, 0.6) is 5.75 Å². The van der Waals surface area contributed by atoms with Crippen molar-refractivity contribution in [2.75, 3.05) is 0 Å². The second kappa shape index (κ2) is 5.89. The first kappa shape index (κ1) is 12.9. The van der Waals surface area contributed by atoms with Crippen LogP contribution in [0.4, 0.5) is 0 Å². The van der Waals surface area contributed by atoms with E-state index in [-0.39, 0.29) is 6.04 Å². The van der Waals surface area contributed by atoms with Crippen LogP contribution in [0.15, 0.2) is 48.5 Å². The minimum atomic E-state index is 0.0512. The largest absolute Gasteiger partial charge is 0.489 e. The highest BCUT2D eigenvalue weighted by Crippen LogP contribution is 2.17. The molecule has 2 aromatic rings. The van der Waals surface area contributed by atoms with E-state index in [4.69, 9.17) is 22.1 Å². The molecular weight excluding hydrogens is 246 g/mol.